The molecule has 0 radical (unpaired) electrons. The highest BCUT2D eigenvalue weighted by molar-refractivity contribution is 9.10. The predicted octanol–water partition coefficient (Wildman–Crippen LogP) is 6.88. The van der Waals surface area contributed by atoms with Crippen molar-refractivity contribution in [2.45, 2.75) is 24.2 Å². The standard InChI is InChI=1S/C40H30BrClN2O8/c1-52-31-17-22(41)16-29(34(31)45)33-26-13-14-27-32(37(48)43(35(27)46)24-11-5-7-20(15-24)38(49)50)28(26)19-30-36(47)44(25-12-6-10-23(42)18-25)39(51)40(30,33)21-8-3-2-4-9-21/h2-13,15-18,27-28,30,32-33,45H,14,19H2,1H3,(H,49,50)/t27-,28+,30-,32-,33+,40+/m0/s1. The van der Waals surface area contributed by atoms with Crippen molar-refractivity contribution in [2.75, 3.05) is 16.9 Å². The van der Waals surface area contributed by atoms with Gasteiger partial charge in [-0.3, -0.25) is 24.1 Å². The third kappa shape index (κ3) is 4.79. The van der Waals surface area contributed by atoms with E-state index < -0.39 is 64.6 Å². The van der Waals surface area contributed by atoms with E-state index >= 15 is 4.79 Å². The van der Waals surface area contributed by atoms with Gasteiger partial charge in [0, 0.05) is 21.0 Å². The molecule has 2 N–H and O–H groups in total. The third-order valence-electron chi connectivity index (χ3n) is 11.1. The molecule has 1 saturated carbocycles. The van der Waals surface area contributed by atoms with Gasteiger partial charge in [-0.15, -0.1) is 0 Å². The van der Waals surface area contributed by atoms with Gasteiger partial charge in [-0.1, -0.05) is 81.6 Å². The first kappa shape index (κ1) is 33.9. The summed E-state index contributed by atoms with van der Waals surface area (Å²) in [7, 11) is 1.41. The minimum Gasteiger partial charge on any atom is -0.504 e. The number of hydrogen-bond acceptors (Lipinski definition) is 7. The molecule has 0 unspecified atom stereocenters. The number of benzene rings is 4. The van der Waals surface area contributed by atoms with E-state index in [0.29, 0.717) is 26.2 Å². The first-order valence-electron chi connectivity index (χ1n) is 16.7. The molecule has 4 aliphatic rings. The molecule has 4 amide bonds. The number of imide groups is 2. The lowest BCUT2D eigenvalue weighted by atomic mass is 9.49. The van der Waals surface area contributed by atoms with E-state index in [1.807, 2.05) is 12.1 Å². The van der Waals surface area contributed by atoms with Crippen LogP contribution in [0.5, 0.6) is 11.5 Å². The molecule has 2 heterocycles. The van der Waals surface area contributed by atoms with Crippen LogP contribution in [0, 0.1) is 23.7 Å². The number of aromatic hydroxyl groups is 1. The van der Waals surface area contributed by atoms with Gasteiger partial charge in [0.2, 0.25) is 23.6 Å². The van der Waals surface area contributed by atoms with Crippen LogP contribution >= 0.6 is 27.5 Å². The molecule has 12 heteroatoms. The average molecular weight is 782 g/mol. The predicted molar refractivity (Wildman–Crippen MR) is 194 cm³/mol. The van der Waals surface area contributed by atoms with Crippen molar-refractivity contribution in [1.29, 1.82) is 0 Å². The minimum absolute atomic E-state index is 0.0496. The number of aromatic carboxylic acids is 1. The Balaban J connectivity index is 1.37. The molecule has 2 aliphatic heterocycles. The Morgan fingerprint density at radius 3 is 2.27 bits per heavy atom. The van der Waals surface area contributed by atoms with Gasteiger partial charge in [0.05, 0.1) is 47.2 Å². The Labute approximate surface area is 311 Å². The summed E-state index contributed by atoms with van der Waals surface area (Å²) < 4.78 is 6.11. The number of hydrogen-bond donors (Lipinski definition) is 2. The van der Waals surface area contributed by atoms with E-state index in [1.54, 1.807) is 60.7 Å². The topological polar surface area (TPSA) is 142 Å². The summed E-state index contributed by atoms with van der Waals surface area (Å²) in [6.07, 6.45) is 2.08. The van der Waals surface area contributed by atoms with Crippen LogP contribution in [0.3, 0.4) is 0 Å². The van der Waals surface area contributed by atoms with Gasteiger partial charge in [-0.25, -0.2) is 9.69 Å². The Bertz CT molecular complexity index is 2260. The highest BCUT2D eigenvalue weighted by Crippen LogP contribution is 2.66. The van der Waals surface area contributed by atoms with Crippen molar-refractivity contribution in [3.8, 4) is 11.5 Å². The van der Waals surface area contributed by atoms with Crippen LogP contribution in [0.2, 0.25) is 5.02 Å². The number of carbonyl (C=O) groups excluding carboxylic acids is 4. The molecular weight excluding hydrogens is 752 g/mol. The summed E-state index contributed by atoms with van der Waals surface area (Å²) in [5, 5.41) is 21.8. The number of methoxy groups -OCH3 is 1. The van der Waals surface area contributed by atoms with Crippen molar-refractivity contribution in [2.24, 2.45) is 23.7 Å². The molecule has 0 spiro atoms. The summed E-state index contributed by atoms with van der Waals surface area (Å²) in [5.74, 6) is -7.71. The van der Waals surface area contributed by atoms with Gasteiger partial charge in [0.25, 0.3) is 0 Å². The van der Waals surface area contributed by atoms with E-state index in [4.69, 9.17) is 16.3 Å². The molecule has 0 bridgehead atoms. The number of rotatable bonds is 6. The molecule has 262 valence electrons. The van der Waals surface area contributed by atoms with Crippen molar-refractivity contribution in [1.82, 2.24) is 0 Å². The van der Waals surface area contributed by atoms with Gasteiger partial charge < -0.3 is 14.9 Å². The van der Waals surface area contributed by atoms with Crippen molar-refractivity contribution in [3.63, 3.8) is 0 Å². The normalized spacial score (nSPS) is 26.5. The first-order valence-corrected chi connectivity index (χ1v) is 17.8. The zero-order chi connectivity index (χ0) is 36.6. The monoisotopic (exact) mass is 780 g/mol. The number of carbonyl (C=O) groups is 5. The lowest BCUT2D eigenvalue weighted by Crippen LogP contribution is -2.53. The van der Waals surface area contributed by atoms with E-state index in [0.717, 1.165) is 9.80 Å². The Hall–Kier alpha value is -5.26. The van der Waals surface area contributed by atoms with Crippen molar-refractivity contribution in [3.05, 3.63) is 129 Å². The summed E-state index contributed by atoms with van der Waals surface area (Å²) >= 11 is 9.93. The van der Waals surface area contributed by atoms with E-state index in [9.17, 15) is 29.4 Å². The molecule has 0 aromatic heterocycles. The number of anilines is 2. The van der Waals surface area contributed by atoms with Crippen LogP contribution in [-0.4, -0.2) is 46.9 Å². The second-order valence-electron chi connectivity index (χ2n) is 13.5. The van der Waals surface area contributed by atoms with Crippen LogP contribution < -0.4 is 14.5 Å². The fourth-order valence-electron chi connectivity index (χ4n) is 9.09. The maximum Gasteiger partial charge on any atom is 0.335 e. The van der Waals surface area contributed by atoms with Crippen LogP contribution in [0.4, 0.5) is 11.4 Å². The van der Waals surface area contributed by atoms with E-state index in [2.05, 4.69) is 15.9 Å². The molecular formula is C40H30BrClN2O8. The van der Waals surface area contributed by atoms with Gasteiger partial charge in [0.15, 0.2) is 11.5 Å². The lowest BCUT2D eigenvalue weighted by molar-refractivity contribution is -0.127. The summed E-state index contributed by atoms with van der Waals surface area (Å²) in [6.45, 7) is 0. The molecule has 6 atom stereocenters. The Morgan fingerprint density at radius 1 is 0.865 bits per heavy atom. The number of allylic oxidation sites excluding steroid dienone is 2. The number of carboxylic acids is 1. The largest absolute Gasteiger partial charge is 0.504 e. The van der Waals surface area contributed by atoms with Gasteiger partial charge >= 0.3 is 5.97 Å². The van der Waals surface area contributed by atoms with Crippen LogP contribution in [-0.2, 0) is 24.6 Å². The number of amides is 4. The second kappa shape index (κ2) is 12.5. The minimum atomic E-state index is -1.60. The van der Waals surface area contributed by atoms with Gasteiger partial charge in [-0.2, -0.15) is 0 Å². The zero-order valence-electron chi connectivity index (χ0n) is 27.5. The number of carboxylic acid groups (broad SMARTS) is 1. The highest BCUT2D eigenvalue weighted by atomic mass is 79.9. The summed E-state index contributed by atoms with van der Waals surface area (Å²) in [4.78, 5) is 72.9. The molecule has 2 saturated heterocycles. The molecule has 8 rings (SSSR count). The zero-order valence-corrected chi connectivity index (χ0v) is 29.9. The van der Waals surface area contributed by atoms with Crippen molar-refractivity contribution < 1.29 is 38.9 Å². The average Bonchev–Trinajstić information content (AvgIpc) is 3.53. The van der Waals surface area contributed by atoms with Gasteiger partial charge in [0.1, 0.15) is 0 Å². The summed E-state index contributed by atoms with van der Waals surface area (Å²) in [6, 6.07) is 24.4. The molecule has 10 nitrogen and oxygen atoms in total. The fourth-order valence-corrected chi connectivity index (χ4v) is 9.73. The first-order chi connectivity index (χ1) is 25.0. The van der Waals surface area contributed by atoms with E-state index in [-0.39, 0.29) is 41.3 Å². The highest BCUT2D eigenvalue weighted by Gasteiger charge is 2.70. The quantitative estimate of drug-likeness (QED) is 0.159. The molecule has 4 aromatic rings. The number of ether oxygens (including phenoxy) is 1. The maximum atomic E-state index is 15.4. The summed E-state index contributed by atoms with van der Waals surface area (Å²) in [5.41, 5.74) is 0.264. The molecule has 3 fully saturated rings. The smallest absolute Gasteiger partial charge is 0.335 e. The van der Waals surface area contributed by atoms with Crippen molar-refractivity contribution >= 4 is 68.5 Å². The lowest BCUT2D eigenvalue weighted by Gasteiger charge is -2.50. The molecule has 4 aromatic carbocycles. The molecule has 52 heavy (non-hydrogen) atoms. The fraction of sp³-hybridized carbons (Fsp3) is 0.225. The number of phenols is 1. The number of fused-ring (bicyclic) bond motifs is 4. The van der Waals surface area contributed by atoms with Crippen LogP contribution in [0.1, 0.15) is 40.2 Å². The Morgan fingerprint density at radius 2 is 1.58 bits per heavy atom. The third-order valence-corrected chi connectivity index (χ3v) is 11.8. The van der Waals surface area contributed by atoms with E-state index in [1.165, 1.54) is 31.4 Å². The molecule has 2 aliphatic carbocycles. The second-order valence-corrected chi connectivity index (χ2v) is 14.9. The SMILES string of the molecule is COc1cc(Br)cc([C@H]2C3=CC[C@@H]4C(=O)N(c5cccc(C(=O)O)c5)C(=O)[C@@H]4[C@@H]3C[C@H]3C(=O)N(c4cccc(Cl)c4)C(=O)[C@@]23c2ccccc2)c1O. The van der Waals surface area contributed by atoms with Gasteiger partial charge in [-0.05, 0) is 72.9 Å². The number of nitrogens with zero attached hydrogens (tertiary/aromatic N) is 2. The number of phenolic OH excluding ortho intramolecular Hbond substituents is 1. The number of halogens is 2. The maximum absolute atomic E-state index is 15.4. The Kier molecular flexibility index (Phi) is 8.11. The van der Waals surface area contributed by atoms with Crippen LogP contribution in [0.15, 0.2) is 107 Å². The van der Waals surface area contributed by atoms with Crippen LogP contribution in [0.25, 0.3) is 0 Å².